The van der Waals surface area contributed by atoms with E-state index in [0.717, 1.165) is 30.3 Å². The maximum absolute atomic E-state index is 11.5. The van der Waals surface area contributed by atoms with E-state index in [1.807, 2.05) is 0 Å². The monoisotopic (exact) mass is 220 g/mol. The highest BCUT2D eigenvalue weighted by Gasteiger charge is 2.24. The van der Waals surface area contributed by atoms with Crippen LogP contribution in [0.3, 0.4) is 0 Å². The first-order chi connectivity index (χ1) is 7.69. The third kappa shape index (κ3) is 2.52. The molecule has 0 bridgehead atoms. The number of nitrogens with zero attached hydrogens (tertiary/aromatic N) is 1. The lowest BCUT2D eigenvalue weighted by Gasteiger charge is -2.09. The van der Waals surface area contributed by atoms with Gasteiger partial charge < -0.3 is 4.98 Å². The maximum Gasteiger partial charge on any atom is 0.251 e. The van der Waals surface area contributed by atoms with Crippen LogP contribution in [0.25, 0.3) is 0 Å². The predicted molar refractivity (Wildman–Crippen MR) is 64.6 cm³/mol. The molecule has 0 aliphatic heterocycles. The molecule has 1 aromatic heterocycles. The van der Waals surface area contributed by atoms with Crippen molar-refractivity contribution in [2.45, 2.75) is 51.9 Å². The molecule has 0 radical (unpaired) electrons. The summed E-state index contributed by atoms with van der Waals surface area (Å²) >= 11 is 0. The van der Waals surface area contributed by atoms with E-state index in [2.05, 4.69) is 23.8 Å². The molecule has 0 spiro atoms. The molecule has 2 rings (SSSR count). The lowest BCUT2D eigenvalue weighted by molar-refractivity contribution is 0.582. The number of aromatic nitrogens is 2. The Balaban J connectivity index is 2.23. The molecular formula is C13H20N2O. The van der Waals surface area contributed by atoms with Crippen LogP contribution in [-0.2, 0) is 6.42 Å². The Bertz CT molecular complexity index is 411. The van der Waals surface area contributed by atoms with Crippen LogP contribution in [0.1, 0.15) is 57.0 Å². The van der Waals surface area contributed by atoms with Gasteiger partial charge >= 0.3 is 0 Å². The van der Waals surface area contributed by atoms with Crippen molar-refractivity contribution in [2.24, 2.45) is 5.92 Å². The van der Waals surface area contributed by atoms with Crippen LogP contribution in [0, 0.1) is 5.92 Å². The average Bonchev–Trinajstić information content (AvgIpc) is 2.64. The number of hydrogen-bond donors (Lipinski definition) is 1. The van der Waals surface area contributed by atoms with E-state index < -0.39 is 0 Å². The summed E-state index contributed by atoms with van der Waals surface area (Å²) < 4.78 is 0. The van der Waals surface area contributed by atoms with Crippen LogP contribution >= 0.6 is 0 Å². The second-order valence-corrected chi connectivity index (χ2v) is 4.99. The highest BCUT2D eigenvalue weighted by atomic mass is 16.1. The van der Waals surface area contributed by atoms with Crippen molar-refractivity contribution in [1.82, 2.24) is 9.97 Å². The molecule has 3 heteroatoms. The standard InChI is InChI=1S/C13H20N2O/c1-3-4-11-8-12(16)15-13(14-11)10-6-5-9(2)7-10/h8-10H,3-7H2,1-2H3,(H,14,15,16). The number of rotatable bonds is 3. The van der Waals surface area contributed by atoms with Gasteiger partial charge in [-0.25, -0.2) is 4.98 Å². The molecule has 1 aliphatic carbocycles. The minimum absolute atomic E-state index is 0.00741. The van der Waals surface area contributed by atoms with E-state index in [9.17, 15) is 4.79 Å². The van der Waals surface area contributed by atoms with E-state index in [1.54, 1.807) is 6.07 Å². The van der Waals surface area contributed by atoms with Crippen LogP contribution in [0.15, 0.2) is 10.9 Å². The minimum Gasteiger partial charge on any atom is -0.310 e. The number of aromatic amines is 1. The van der Waals surface area contributed by atoms with E-state index in [0.29, 0.717) is 5.92 Å². The summed E-state index contributed by atoms with van der Waals surface area (Å²) in [5.41, 5.74) is 0.953. The fourth-order valence-electron chi connectivity index (χ4n) is 2.56. The van der Waals surface area contributed by atoms with Crippen molar-refractivity contribution in [3.8, 4) is 0 Å². The third-order valence-electron chi connectivity index (χ3n) is 3.40. The quantitative estimate of drug-likeness (QED) is 0.851. The van der Waals surface area contributed by atoms with Gasteiger partial charge in [0, 0.05) is 17.7 Å². The van der Waals surface area contributed by atoms with Crippen molar-refractivity contribution >= 4 is 0 Å². The molecule has 1 aromatic rings. The van der Waals surface area contributed by atoms with Gasteiger partial charge in [-0.15, -0.1) is 0 Å². The first-order valence-electron chi connectivity index (χ1n) is 6.29. The van der Waals surface area contributed by atoms with Crippen molar-refractivity contribution in [1.29, 1.82) is 0 Å². The molecule has 1 aliphatic rings. The van der Waals surface area contributed by atoms with Crippen molar-refractivity contribution in [3.63, 3.8) is 0 Å². The molecule has 3 nitrogen and oxygen atoms in total. The Morgan fingerprint density at radius 2 is 2.31 bits per heavy atom. The zero-order valence-corrected chi connectivity index (χ0v) is 10.1. The zero-order chi connectivity index (χ0) is 11.5. The smallest absolute Gasteiger partial charge is 0.251 e. The highest BCUT2D eigenvalue weighted by Crippen LogP contribution is 2.35. The molecule has 0 saturated heterocycles. The van der Waals surface area contributed by atoms with Crippen LogP contribution < -0.4 is 5.56 Å². The molecule has 16 heavy (non-hydrogen) atoms. The molecule has 2 unspecified atom stereocenters. The Hall–Kier alpha value is -1.12. The summed E-state index contributed by atoms with van der Waals surface area (Å²) in [6.07, 6.45) is 5.53. The summed E-state index contributed by atoms with van der Waals surface area (Å²) in [6.45, 7) is 4.38. The second-order valence-electron chi connectivity index (χ2n) is 4.99. The number of aryl methyl sites for hydroxylation is 1. The largest absolute Gasteiger partial charge is 0.310 e. The molecule has 1 N–H and O–H groups in total. The van der Waals surface area contributed by atoms with Gasteiger partial charge in [0.15, 0.2) is 0 Å². The van der Waals surface area contributed by atoms with Crippen LogP contribution in [0.5, 0.6) is 0 Å². The first-order valence-corrected chi connectivity index (χ1v) is 6.29. The van der Waals surface area contributed by atoms with Gasteiger partial charge in [-0.2, -0.15) is 0 Å². The summed E-state index contributed by atoms with van der Waals surface area (Å²) in [5.74, 6) is 2.16. The second kappa shape index (κ2) is 4.81. The van der Waals surface area contributed by atoms with Crippen molar-refractivity contribution in [2.75, 3.05) is 0 Å². The van der Waals surface area contributed by atoms with Crippen LogP contribution in [0.4, 0.5) is 0 Å². The molecular weight excluding hydrogens is 200 g/mol. The van der Waals surface area contributed by atoms with Crippen LogP contribution in [-0.4, -0.2) is 9.97 Å². The minimum atomic E-state index is 0.00741. The topological polar surface area (TPSA) is 45.8 Å². The normalized spacial score (nSPS) is 24.9. The van der Waals surface area contributed by atoms with Gasteiger partial charge in [-0.05, 0) is 31.6 Å². The van der Waals surface area contributed by atoms with E-state index in [1.165, 1.54) is 19.3 Å². The summed E-state index contributed by atoms with van der Waals surface area (Å²) in [7, 11) is 0. The fourth-order valence-corrected chi connectivity index (χ4v) is 2.56. The van der Waals surface area contributed by atoms with Gasteiger partial charge in [-0.1, -0.05) is 20.3 Å². The Morgan fingerprint density at radius 1 is 1.50 bits per heavy atom. The lowest BCUT2D eigenvalue weighted by atomic mass is 10.1. The Labute approximate surface area is 96.3 Å². The van der Waals surface area contributed by atoms with E-state index in [4.69, 9.17) is 0 Å². The average molecular weight is 220 g/mol. The van der Waals surface area contributed by atoms with Gasteiger partial charge in [-0.3, -0.25) is 4.79 Å². The third-order valence-corrected chi connectivity index (χ3v) is 3.40. The predicted octanol–water partition coefficient (Wildman–Crippen LogP) is 2.63. The van der Waals surface area contributed by atoms with Gasteiger partial charge in [0.05, 0.1) is 0 Å². The van der Waals surface area contributed by atoms with Gasteiger partial charge in [0.25, 0.3) is 5.56 Å². The maximum atomic E-state index is 11.5. The number of nitrogens with one attached hydrogen (secondary N) is 1. The SMILES string of the molecule is CCCc1cc(=O)[nH]c(C2CCC(C)C2)n1. The first kappa shape index (κ1) is 11.4. The number of hydrogen-bond acceptors (Lipinski definition) is 2. The lowest BCUT2D eigenvalue weighted by Crippen LogP contribution is -2.14. The molecule has 1 heterocycles. The Morgan fingerprint density at radius 3 is 2.94 bits per heavy atom. The fraction of sp³-hybridized carbons (Fsp3) is 0.692. The molecule has 1 fully saturated rings. The summed E-state index contributed by atoms with van der Waals surface area (Å²) in [4.78, 5) is 19.0. The van der Waals surface area contributed by atoms with E-state index >= 15 is 0 Å². The summed E-state index contributed by atoms with van der Waals surface area (Å²) in [6, 6.07) is 1.63. The molecule has 0 amide bonds. The van der Waals surface area contributed by atoms with Gasteiger partial charge in [0.1, 0.15) is 5.82 Å². The van der Waals surface area contributed by atoms with Crippen molar-refractivity contribution < 1.29 is 0 Å². The van der Waals surface area contributed by atoms with Crippen LogP contribution in [0.2, 0.25) is 0 Å². The number of H-pyrrole nitrogens is 1. The highest BCUT2D eigenvalue weighted by molar-refractivity contribution is 5.07. The summed E-state index contributed by atoms with van der Waals surface area (Å²) in [5, 5.41) is 0. The van der Waals surface area contributed by atoms with Crippen molar-refractivity contribution in [3.05, 3.63) is 27.9 Å². The Kier molecular flexibility index (Phi) is 3.42. The van der Waals surface area contributed by atoms with E-state index in [-0.39, 0.29) is 5.56 Å². The molecule has 1 saturated carbocycles. The molecule has 2 atom stereocenters. The molecule has 88 valence electrons. The zero-order valence-electron chi connectivity index (χ0n) is 10.1. The van der Waals surface area contributed by atoms with Gasteiger partial charge in [0.2, 0.25) is 0 Å². The molecule has 0 aromatic carbocycles.